The lowest BCUT2D eigenvalue weighted by Crippen LogP contribution is -2.54. The van der Waals surface area contributed by atoms with Crippen molar-refractivity contribution < 1.29 is 38.2 Å². The van der Waals surface area contributed by atoms with E-state index in [1.54, 1.807) is 30.3 Å². The van der Waals surface area contributed by atoms with Crippen LogP contribution in [0.15, 0.2) is 78.9 Å². The standard InChI is InChI=1S/C40H41N5O8/c1-24-13-14-27(23-31(24)37(48)42-25(2)28-10-5-8-26-7-3-4-9-29(26)28)43-35(47)17-19-52-21-22-53-20-18-41-32-12-6-11-30-36(32)40(51)45(39(30)50)33-15-16-34(46)44-38(33)49/h3-14,23,25,33,41H,15-22H2,1-2H3,(H,42,48)(H,43,47)(H,44,46,49)/t25-,33?/m1/s1. The molecule has 53 heavy (non-hydrogen) atoms. The Morgan fingerprint density at radius 2 is 1.64 bits per heavy atom. The first-order valence-electron chi connectivity index (χ1n) is 17.6. The van der Waals surface area contributed by atoms with Gasteiger partial charge in [-0.3, -0.25) is 39.0 Å². The Morgan fingerprint density at radius 3 is 2.45 bits per heavy atom. The minimum Gasteiger partial charge on any atom is -0.382 e. The average molecular weight is 720 g/mol. The van der Waals surface area contributed by atoms with Crippen LogP contribution in [-0.4, -0.2) is 79.4 Å². The van der Waals surface area contributed by atoms with Crippen molar-refractivity contribution in [2.75, 3.05) is 43.6 Å². The molecule has 13 nitrogen and oxygen atoms in total. The number of nitrogens with zero attached hydrogens (tertiary/aromatic N) is 1. The Hall–Kier alpha value is -5.92. The van der Waals surface area contributed by atoms with E-state index in [2.05, 4.69) is 21.3 Å². The largest absolute Gasteiger partial charge is 0.382 e. The second-order valence-electron chi connectivity index (χ2n) is 12.9. The van der Waals surface area contributed by atoms with E-state index in [0.717, 1.165) is 26.8 Å². The third-order valence-electron chi connectivity index (χ3n) is 9.28. The molecule has 0 aliphatic carbocycles. The first kappa shape index (κ1) is 36.9. The molecule has 6 amide bonds. The number of anilines is 2. The molecule has 1 unspecified atom stereocenters. The first-order valence-corrected chi connectivity index (χ1v) is 17.6. The smallest absolute Gasteiger partial charge is 0.264 e. The number of carbonyl (C=O) groups excluding carboxylic acids is 6. The van der Waals surface area contributed by atoms with E-state index in [1.807, 2.05) is 56.3 Å². The van der Waals surface area contributed by atoms with E-state index in [0.29, 0.717) is 23.5 Å². The highest BCUT2D eigenvalue weighted by Gasteiger charge is 2.45. The number of fused-ring (bicyclic) bond motifs is 2. The molecule has 0 aromatic heterocycles. The van der Waals surface area contributed by atoms with E-state index >= 15 is 0 Å². The van der Waals surface area contributed by atoms with Crippen LogP contribution in [-0.2, 0) is 23.9 Å². The fraction of sp³-hybridized carbons (Fsp3) is 0.300. The molecule has 4 aromatic rings. The molecular formula is C40H41N5O8. The number of imide groups is 2. The van der Waals surface area contributed by atoms with Crippen LogP contribution in [0.2, 0.25) is 0 Å². The monoisotopic (exact) mass is 719 g/mol. The molecular weight excluding hydrogens is 678 g/mol. The summed E-state index contributed by atoms with van der Waals surface area (Å²) in [6.45, 7) is 5.10. The molecule has 0 saturated carbocycles. The summed E-state index contributed by atoms with van der Waals surface area (Å²) < 4.78 is 11.2. The van der Waals surface area contributed by atoms with Gasteiger partial charge in [-0.2, -0.15) is 0 Å². The molecule has 6 rings (SSSR count). The molecule has 1 fully saturated rings. The molecule has 0 radical (unpaired) electrons. The normalized spacial score (nSPS) is 16.0. The zero-order chi connectivity index (χ0) is 37.5. The summed E-state index contributed by atoms with van der Waals surface area (Å²) in [4.78, 5) is 76.9. The minimum atomic E-state index is -1.03. The van der Waals surface area contributed by atoms with Gasteiger partial charge in [0.1, 0.15) is 6.04 Å². The van der Waals surface area contributed by atoms with Crippen molar-refractivity contribution in [1.29, 1.82) is 0 Å². The van der Waals surface area contributed by atoms with Crippen molar-refractivity contribution in [3.63, 3.8) is 0 Å². The lowest BCUT2D eigenvalue weighted by molar-refractivity contribution is -0.136. The maximum absolute atomic E-state index is 13.3. The van der Waals surface area contributed by atoms with E-state index in [9.17, 15) is 28.8 Å². The lowest BCUT2D eigenvalue weighted by atomic mass is 9.99. The second kappa shape index (κ2) is 16.6. The van der Waals surface area contributed by atoms with Crippen molar-refractivity contribution in [3.05, 3.63) is 107 Å². The van der Waals surface area contributed by atoms with Crippen LogP contribution in [0.25, 0.3) is 10.8 Å². The van der Waals surface area contributed by atoms with Gasteiger partial charge in [0.2, 0.25) is 17.7 Å². The summed E-state index contributed by atoms with van der Waals surface area (Å²) in [6, 6.07) is 22.9. The molecule has 13 heteroatoms. The third kappa shape index (κ3) is 8.43. The van der Waals surface area contributed by atoms with Crippen molar-refractivity contribution in [2.45, 2.75) is 45.2 Å². The Morgan fingerprint density at radius 1 is 0.887 bits per heavy atom. The molecule has 2 aliphatic rings. The summed E-state index contributed by atoms with van der Waals surface area (Å²) in [5, 5.41) is 13.4. The predicted molar refractivity (Wildman–Crippen MR) is 197 cm³/mol. The number of amides is 6. The highest BCUT2D eigenvalue weighted by molar-refractivity contribution is 6.25. The van der Waals surface area contributed by atoms with Gasteiger partial charge in [-0.15, -0.1) is 0 Å². The molecule has 4 aromatic carbocycles. The van der Waals surface area contributed by atoms with Crippen LogP contribution >= 0.6 is 0 Å². The van der Waals surface area contributed by atoms with Crippen LogP contribution in [0.3, 0.4) is 0 Å². The number of carbonyl (C=O) groups is 6. The number of nitrogens with one attached hydrogen (secondary N) is 4. The number of rotatable bonds is 15. The Bertz CT molecular complexity index is 2080. The molecule has 2 aliphatic heterocycles. The Kier molecular flexibility index (Phi) is 11.6. The minimum absolute atomic E-state index is 0.0483. The molecule has 2 atom stereocenters. The van der Waals surface area contributed by atoms with Crippen LogP contribution in [0.4, 0.5) is 11.4 Å². The maximum atomic E-state index is 13.3. The average Bonchev–Trinajstić information content (AvgIpc) is 3.40. The lowest BCUT2D eigenvalue weighted by Gasteiger charge is -2.27. The molecule has 0 bridgehead atoms. The van der Waals surface area contributed by atoms with E-state index in [4.69, 9.17) is 9.47 Å². The summed E-state index contributed by atoms with van der Waals surface area (Å²) in [5.41, 5.74) is 3.62. The van der Waals surface area contributed by atoms with Gasteiger partial charge in [0.05, 0.1) is 50.0 Å². The maximum Gasteiger partial charge on any atom is 0.264 e. The van der Waals surface area contributed by atoms with Crippen molar-refractivity contribution in [3.8, 4) is 0 Å². The van der Waals surface area contributed by atoms with Gasteiger partial charge in [0, 0.05) is 29.9 Å². The number of hydrogen-bond acceptors (Lipinski definition) is 9. The molecule has 4 N–H and O–H groups in total. The van der Waals surface area contributed by atoms with Gasteiger partial charge < -0.3 is 25.4 Å². The fourth-order valence-electron chi connectivity index (χ4n) is 6.56. The highest BCUT2D eigenvalue weighted by Crippen LogP contribution is 2.32. The second-order valence-corrected chi connectivity index (χ2v) is 12.9. The van der Waals surface area contributed by atoms with Gasteiger partial charge >= 0.3 is 0 Å². The highest BCUT2D eigenvalue weighted by atomic mass is 16.5. The Labute approximate surface area is 306 Å². The van der Waals surface area contributed by atoms with Crippen LogP contribution < -0.4 is 21.3 Å². The SMILES string of the molecule is Cc1ccc(NC(=O)CCOCCOCCNc2cccc3c2C(=O)N(C2CCC(=O)NC2=O)C3=O)cc1C(=O)N[C@H](C)c1cccc2ccccc12. The van der Waals surface area contributed by atoms with E-state index in [-0.39, 0.29) is 74.7 Å². The number of piperidine rings is 1. The van der Waals surface area contributed by atoms with E-state index in [1.165, 1.54) is 6.07 Å². The van der Waals surface area contributed by atoms with Crippen LogP contribution in [0.1, 0.15) is 74.4 Å². The Balaban J connectivity index is 0.893. The van der Waals surface area contributed by atoms with Crippen molar-refractivity contribution >= 4 is 57.6 Å². The number of benzene rings is 4. The summed E-state index contributed by atoms with van der Waals surface area (Å²) >= 11 is 0. The summed E-state index contributed by atoms with van der Waals surface area (Å²) in [6.07, 6.45) is 0.240. The molecule has 0 spiro atoms. The third-order valence-corrected chi connectivity index (χ3v) is 9.28. The first-order chi connectivity index (χ1) is 25.6. The number of aryl methyl sites for hydroxylation is 1. The van der Waals surface area contributed by atoms with E-state index < -0.39 is 29.7 Å². The van der Waals surface area contributed by atoms with Crippen LogP contribution in [0, 0.1) is 6.92 Å². The zero-order valence-electron chi connectivity index (χ0n) is 29.5. The van der Waals surface area contributed by atoms with Gasteiger partial charge in [-0.05, 0) is 66.4 Å². The number of ether oxygens (including phenoxy) is 2. The summed E-state index contributed by atoms with van der Waals surface area (Å²) in [5.74, 6) is -2.73. The topological polar surface area (TPSA) is 172 Å². The molecule has 2 heterocycles. The fourth-order valence-corrected chi connectivity index (χ4v) is 6.56. The van der Waals surface area contributed by atoms with Crippen molar-refractivity contribution in [1.82, 2.24) is 15.5 Å². The summed E-state index contributed by atoms with van der Waals surface area (Å²) in [7, 11) is 0. The molecule has 274 valence electrons. The van der Waals surface area contributed by atoms with Gasteiger partial charge in [0.25, 0.3) is 17.7 Å². The zero-order valence-corrected chi connectivity index (χ0v) is 29.5. The molecule has 1 saturated heterocycles. The van der Waals surface area contributed by atoms with Crippen LogP contribution in [0.5, 0.6) is 0 Å². The predicted octanol–water partition coefficient (Wildman–Crippen LogP) is 4.51. The number of hydrogen-bond donors (Lipinski definition) is 4. The van der Waals surface area contributed by atoms with Crippen molar-refractivity contribution in [2.24, 2.45) is 0 Å². The van der Waals surface area contributed by atoms with Gasteiger partial charge in [-0.25, -0.2) is 0 Å². The quantitative estimate of drug-likeness (QED) is 0.102. The van der Waals surface area contributed by atoms with Gasteiger partial charge in [-0.1, -0.05) is 54.6 Å². The van der Waals surface area contributed by atoms with Gasteiger partial charge in [0.15, 0.2) is 0 Å².